The topological polar surface area (TPSA) is 98.9 Å². The van der Waals surface area contributed by atoms with Crippen LogP contribution >= 0.6 is 15.9 Å². The van der Waals surface area contributed by atoms with Gasteiger partial charge < -0.3 is 14.6 Å². The lowest BCUT2D eigenvalue weighted by molar-refractivity contribution is -0.385. The van der Waals surface area contributed by atoms with Crippen molar-refractivity contribution in [1.82, 2.24) is 0 Å². The zero-order valence-corrected chi connectivity index (χ0v) is 19.6. The van der Waals surface area contributed by atoms with Crippen LogP contribution in [0, 0.1) is 10.1 Å². The molecule has 31 heavy (non-hydrogen) atoms. The van der Waals surface area contributed by atoms with E-state index in [4.69, 9.17) is 9.47 Å². The molecule has 0 radical (unpaired) electrons. The first kappa shape index (κ1) is 23.0. The Morgan fingerprint density at radius 1 is 1.13 bits per heavy atom. The Balaban J connectivity index is 2.15. The Morgan fingerprint density at radius 2 is 1.81 bits per heavy atom. The maximum Gasteiger partial charge on any atom is 0.312 e. The Labute approximate surface area is 189 Å². The largest absolute Gasteiger partial charge is 0.508 e. The first-order chi connectivity index (χ1) is 14.4. The second-order valence-corrected chi connectivity index (χ2v) is 9.23. The van der Waals surface area contributed by atoms with Crippen molar-refractivity contribution in [2.45, 2.75) is 52.2 Å². The van der Waals surface area contributed by atoms with E-state index < -0.39 is 16.1 Å². The van der Waals surface area contributed by atoms with Crippen molar-refractivity contribution >= 4 is 33.0 Å². The van der Waals surface area contributed by atoms with Gasteiger partial charge in [-0.3, -0.25) is 14.9 Å². The Morgan fingerprint density at radius 3 is 2.42 bits per heavy atom. The van der Waals surface area contributed by atoms with Crippen LogP contribution in [-0.2, 0) is 16.0 Å². The van der Waals surface area contributed by atoms with Crippen LogP contribution in [0.4, 0.5) is 5.69 Å². The van der Waals surface area contributed by atoms with E-state index in [0.717, 1.165) is 5.56 Å². The highest BCUT2D eigenvalue weighted by Crippen LogP contribution is 2.42. The first-order valence-corrected chi connectivity index (χ1v) is 10.6. The zero-order chi connectivity index (χ0) is 23.1. The van der Waals surface area contributed by atoms with Gasteiger partial charge in [-0.15, -0.1) is 0 Å². The van der Waals surface area contributed by atoms with Gasteiger partial charge in [0.25, 0.3) is 0 Å². The maximum absolute atomic E-state index is 13.2. The van der Waals surface area contributed by atoms with Crippen LogP contribution in [0.25, 0.3) is 5.57 Å². The Hall–Kier alpha value is -2.71. The minimum Gasteiger partial charge on any atom is -0.508 e. The van der Waals surface area contributed by atoms with Crippen LogP contribution in [-0.4, -0.2) is 27.0 Å². The number of hydrogen-bond donors (Lipinski definition) is 1. The molecule has 0 spiro atoms. The average Bonchev–Trinajstić information content (AvgIpc) is 2.67. The van der Waals surface area contributed by atoms with E-state index in [1.807, 2.05) is 6.92 Å². The molecule has 0 bridgehead atoms. The predicted octanol–water partition coefficient (Wildman–Crippen LogP) is 6.14. The van der Waals surface area contributed by atoms with Crippen molar-refractivity contribution in [3.05, 3.63) is 67.9 Å². The molecule has 0 fully saturated rings. The summed E-state index contributed by atoms with van der Waals surface area (Å²) in [6.45, 7) is 8.68. The number of Topliss-reactive ketones (excluding diaryl/α,β-unsaturated/α-hetero) is 1. The summed E-state index contributed by atoms with van der Waals surface area (Å²) in [4.78, 5) is 24.1. The van der Waals surface area contributed by atoms with Crippen molar-refractivity contribution in [3.8, 4) is 11.5 Å². The molecule has 2 aromatic carbocycles. The third kappa shape index (κ3) is 4.36. The summed E-state index contributed by atoms with van der Waals surface area (Å²) in [5.74, 6) is -0.113. The summed E-state index contributed by atoms with van der Waals surface area (Å²) in [5.41, 5.74) is -0.847. The lowest BCUT2D eigenvalue weighted by Crippen LogP contribution is -2.49. The molecule has 164 valence electrons. The lowest BCUT2D eigenvalue weighted by Gasteiger charge is -2.40. The smallest absolute Gasteiger partial charge is 0.312 e. The molecule has 7 nitrogen and oxygen atoms in total. The summed E-state index contributed by atoms with van der Waals surface area (Å²) >= 11 is 3.22. The third-order valence-corrected chi connectivity index (χ3v) is 5.66. The number of hydrogen-bond acceptors (Lipinski definition) is 6. The van der Waals surface area contributed by atoms with Crippen molar-refractivity contribution in [2.24, 2.45) is 0 Å². The molecule has 3 rings (SSSR count). The molecule has 1 aliphatic heterocycles. The second kappa shape index (κ2) is 8.09. The average molecular weight is 490 g/mol. The van der Waals surface area contributed by atoms with Crippen molar-refractivity contribution < 1.29 is 24.3 Å². The van der Waals surface area contributed by atoms with Gasteiger partial charge in [0.2, 0.25) is 5.75 Å². The zero-order valence-electron chi connectivity index (χ0n) is 18.0. The summed E-state index contributed by atoms with van der Waals surface area (Å²) in [6, 6.07) is 9.61. The molecule has 0 aliphatic carbocycles. The van der Waals surface area contributed by atoms with Crippen LogP contribution < -0.4 is 4.74 Å². The molecule has 1 aliphatic rings. The highest BCUT2D eigenvalue weighted by molar-refractivity contribution is 9.10. The minimum absolute atomic E-state index is 0.0700. The summed E-state index contributed by atoms with van der Waals surface area (Å²) in [7, 11) is 0. The summed E-state index contributed by atoms with van der Waals surface area (Å²) in [5, 5.41) is 22.3. The van der Waals surface area contributed by atoms with Gasteiger partial charge in [-0.2, -0.15) is 0 Å². The van der Waals surface area contributed by atoms with Crippen LogP contribution in [0.5, 0.6) is 11.5 Å². The molecule has 0 saturated carbocycles. The molecular formula is C23H24BrNO6. The molecule has 1 N–H and O–H groups in total. The van der Waals surface area contributed by atoms with Crippen molar-refractivity contribution in [1.29, 1.82) is 0 Å². The number of aliphatic hydroxyl groups is 1. The van der Waals surface area contributed by atoms with E-state index in [9.17, 15) is 20.0 Å². The fourth-order valence-electron chi connectivity index (χ4n) is 3.70. The Kier molecular flexibility index (Phi) is 5.99. The number of halogens is 1. The number of ketones is 1. The molecule has 2 aromatic rings. The van der Waals surface area contributed by atoms with Gasteiger partial charge in [-0.25, -0.2) is 0 Å². The van der Waals surface area contributed by atoms with E-state index in [-0.39, 0.29) is 28.6 Å². The number of nitrogens with zero attached hydrogens (tertiary/aromatic N) is 1. The molecule has 0 atom stereocenters. The quantitative estimate of drug-likeness (QED) is 0.400. The highest BCUT2D eigenvalue weighted by Gasteiger charge is 2.47. The summed E-state index contributed by atoms with van der Waals surface area (Å²) < 4.78 is 12.2. The number of aryl methyl sites for hydroxylation is 1. The maximum atomic E-state index is 13.2. The number of aliphatic hydroxyl groups excluding tert-OH is 1. The molecule has 8 heteroatoms. The third-order valence-electron chi connectivity index (χ3n) is 5.17. The molecule has 0 unspecified atom stereocenters. The predicted molar refractivity (Wildman–Crippen MR) is 120 cm³/mol. The highest BCUT2D eigenvalue weighted by atomic mass is 79.9. The monoisotopic (exact) mass is 489 g/mol. The van der Waals surface area contributed by atoms with E-state index in [2.05, 4.69) is 15.9 Å². The van der Waals surface area contributed by atoms with Crippen LogP contribution in [0.15, 0.2) is 46.6 Å². The fraction of sp³-hybridized carbons (Fsp3) is 0.348. The number of rotatable bonds is 5. The normalized spacial score (nSPS) is 17.5. The number of carbonyl (C=O) groups is 1. The standard InChI is InChI=1S/C23H24BrNO6/c1-6-13-7-9-15(30-18-10-8-14(24)11-17(18)25(28)29)12-16(13)19-20(26)22(2,3)31-23(4,5)21(19)27/h7-12,26H,6H2,1-5H3. The van der Waals surface area contributed by atoms with Crippen LogP contribution in [0.1, 0.15) is 45.7 Å². The molecule has 0 amide bonds. The van der Waals surface area contributed by atoms with E-state index >= 15 is 0 Å². The minimum atomic E-state index is -1.13. The molecule has 0 saturated heterocycles. The first-order valence-electron chi connectivity index (χ1n) is 9.81. The number of nitro groups is 1. The van der Waals surface area contributed by atoms with Crippen molar-refractivity contribution in [2.75, 3.05) is 0 Å². The number of benzene rings is 2. The fourth-order valence-corrected chi connectivity index (χ4v) is 4.05. The lowest BCUT2D eigenvalue weighted by atomic mass is 9.81. The van der Waals surface area contributed by atoms with Crippen LogP contribution in [0.3, 0.4) is 0 Å². The van der Waals surface area contributed by atoms with Gasteiger partial charge in [0, 0.05) is 10.5 Å². The van der Waals surface area contributed by atoms with E-state index in [0.29, 0.717) is 22.2 Å². The van der Waals surface area contributed by atoms with Gasteiger partial charge in [-0.1, -0.05) is 28.9 Å². The SMILES string of the molecule is CCc1ccc(Oc2ccc(Br)cc2[N+](=O)[O-])cc1C1=C(O)C(C)(C)OC(C)(C)C1=O. The molecular weight excluding hydrogens is 466 g/mol. The van der Waals surface area contributed by atoms with Gasteiger partial charge in [0.15, 0.2) is 5.78 Å². The van der Waals surface area contributed by atoms with Gasteiger partial charge in [-0.05, 0) is 69.5 Å². The number of nitro benzene ring substituents is 1. The molecule has 1 heterocycles. The second-order valence-electron chi connectivity index (χ2n) is 8.32. The van der Waals surface area contributed by atoms with Crippen molar-refractivity contribution in [3.63, 3.8) is 0 Å². The van der Waals surface area contributed by atoms with Gasteiger partial charge >= 0.3 is 5.69 Å². The van der Waals surface area contributed by atoms with Gasteiger partial charge in [0.05, 0.1) is 10.5 Å². The number of ether oxygens (including phenoxy) is 2. The molecule has 0 aromatic heterocycles. The van der Waals surface area contributed by atoms with Crippen LogP contribution in [0.2, 0.25) is 0 Å². The Bertz CT molecular complexity index is 1100. The summed E-state index contributed by atoms with van der Waals surface area (Å²) in [6.07, 6.45) is 0.611. The van der Waals surface area contributed by atoms with E-state index in [1.54, 1.807) is 52.0 Å². The van der Waals surface area contributed by atoms with Gasteiger partial charge in [0.1, 0.15) is 22.7 Å². The number of carbonyl (C=O) groups excluding carboxylic acids is 1. The van der Waals surface area contributed by atoms with E-state index in [1.165, 1.54) is 12.1 Å².